The van der Waals surface area contributed by atoms with Gasteiger partial charge in [-0.2, -0.15) is 0 Å². The van der Waals surface area contributed by atoms with Crippen molar-refractivity contribution in [1.29, 1.82) is 0 Å². The number of carbonyl (C=O) groups excluding carboxylic acids is 2. The Labute approximate surface area is 700 Å². The summed E-state index contributed by atoms with van der Waals surface area (Å²) in [6.07, 6.45) is 8.37. The van der Waals surface area contributed by atoms with E-state index in [4.69, 9.17) is 37.9 Å². The lowest BCUT2D eigenvalue weighted by Crippen LogP contribution is -2.14. The molecule has 0 aromatic heterocycles. The molecule has 18 rings (SSSR count). The second-order valence-electron chi connectivity index (χ2n) is 31.7. The van der Waals surface area contributed by atoms with E-state index >= 15 is 9.59 Å². The van der Waals surface area contributed by atoms with Crippen LogP contribution < -0.4 is 37.9 Å². The summed E-state index contributed by atoms with van der Waals surface area (Å²) < 4.78 is 59.1. The van der Waals surface area contributed by atoms with Gasteiger partial charge in [-0.1, -0.05) is 320 Å². The van der Waals surface area contributed by atoms with Gasteiger partial charge in [0.1, 0.15) is 13.2 Å². The molecule has 0 fully saturated rings. The van der Waals surface area contributed by atoms with Gasteiger partial charge >= 0.3 is 11.9 Å². The van der Waals surface area contributed by atoms with Gasteiger partial charge in [-0.25, -0.2) is 0 Å². The number of benzene rings is 18. The summed E-state index contributed by atoms with van der Waals surface area (Å²) in [5, 5.41) is 20.8. The predicted molar refractivity (Wildman–Crippen MR) is 493 cm³/mol. The van der Waals surface area contributed by atoms with Crippen LogP contribution in [0, 0.1) is 0 Å². The van der Waals surface area contributed by atoms with E-state index in [0.717, 1.165) is 93.1 Å². The Morgan fingerprint density at radius 3 is 0.900 bits per heavy atom. The second-order valence-corrected chi connectivity index (χ2v) is 31.7. The van der Waals surface area contributed by atoms with Crippen LogP contribution in [-0.2, 0) is 35.6 Å². The monoisotopic (exact) mass is 1580 g/mol. The molecule has 0 atom stereocenters. The van der Waals surface area contributed by atoms with E-state index in [1.807, 2.05) is 72.8 Å². The van der Waals surface area contributed by atoms with E-state index in [1.165, 1.54) is 64.6 Å². The topological polar surface area (TPSA) is 108 Å². The molecule has 0 unspecified atom stereocenters. The molecule has 18 aromatic rings. The largest absolute Gasteiger partial charge is 0.489 e. The first-order chi connectivity index (χ1) is 59.2. The lowest BCUT2D eigenvalue weighted by molar-refractivity contribution is -0.135. The zero-order valence-corrected chi connectivity index (χ0v) is 68.8. The van der Waals surface area contributed by atoms with Crippen molar-refractivity contribution in [1.82, 2.24) is 0 Å². The fraction of sp³-hybridized carbons (Fsp3) is 0.218. The highest BCUT2D eigenvalue weighted by Crippen LogP contribution is 2.62. The molecule has 0 saturated heterocycles. The van der Waals surface area contributed by atoms with Crippen LogP contribution in [0.5, 0.6) is 46.0 Å². The number of hydrogen-bond donors (Lipinski definition) is 0. The van der Waals surface area contributed by atoms with Crippen LogP contribution in [0.1, 0.15) is 127 Å². The van der Waals surface area contributed by atoms with E-state index in [-0.39, 0.29) is 50.8 Å². The van der Waals surface area contributed by atoms with E-state index in [9.17, 15) is 0 Å². The highest BCUT2D eigenvalue weighted by atomic mass is 16.6. The van der Waals surface area contributed by atoms with Crippen LogP contribution >= 0.6 is 0 Å². The van der Waals surface area contributed by atoms with Crippen molar-refractivity contribution in [3.63, 3.8) is 0 Å². The SMILES string of the molecule is CCCCOc1c(OCc2ccccc2)cc2ccccc2c1-c1c(OCCCC)c(OC(=O)CCCc2ccc3ccc4cccc5ccc2c3c45)c(-c2c(OC(=O)CCCc3ccc4ccc5cccc6ccc3c4c56)c(OCCCC)c(-c3c(OCCCC)c(OCc4ccccc4)cc4ccccc34)c3ccccc23)c2ccccc12. The zero-order chi connectivity index (χ0) is 81.4. The first kappa shape index (κ1) is 78.0. The Bertz CT molecular complexity index is 6350. The van der Waals surface area contributed by atoms with Crippen molar-refractivity contribution in [3.05, 3.63) is 301 Å². The summed E-state index contributed by atoms with van der Waals surface area (Å²) in [5.74, 6) is 2.14. The predicted octanol–water partition coefficient (Wildman–Crippen LogP) is 28.8. The molecule has 0 saturated carbocycles. The number of fused-ring (bicyclic) bond motifs is 4. The van der Waals surface area contributed by atoms with Gasteiger partial charge in [0, 0.05) is 46.2 Å². The summed E-state index contributed by atoms with van der Waals surface area (Å²) >= 11 is 0. The number of esters is 2. The van der Waals surface area contributed by atoms with Crippen LogP contribution in [0.2, 0.25) is 0 Å². The van der Waals surface area contributed by atoms with Crippen molar-refractivity contribution in [2.75, 3.05) is 26.4 Å². The highest BCUT2D eigenvalue weighted by molar-refractivity contribution is 6.26. The first-order valence-corrected chi connectivity index (χ1v) is 43.1. The summed E-state index contributed by atoms with van der Waals surface area (Å²) in [7, 11) is 0. The van der Waals surface area contributed by atoms with Crippen molar-refractivity contribution in [3.8, 4) is 79.4 Å². The minimum atomic E-state index is -0.474. The Morgan fingerprint density at radius 1 is 0.242 bits per heavy atom. The van der Waals surface area contributed by atoms with Gasteiger partial charge in [0.05, 0.1) is 26.4 Å². The Hall–Kier alpha value is -13.2. The number of ether oxygens (including phenoxy) is 8. The van der Waals surface area contributed by atoms with Crippen molar-refractivity contribution < 1.29 is 47.5 Å². The molecule has 0 aliphatic heterocycles. The van der Waals surface area contributed by atoms with Crippen molar-refractivity contribution >= 4 is 120 Å². The molecule has 10 nitrogen and oxygen atoms in total. The van der Waals surface area contributed by atoms with E-state index < -0.39 is 11.9 Å². The van der Waals surface area contributed by atoms with Gasteiger partial charge in [0.25, 0.3) is 0 Å². The molecule has 0 radical (unpaired) electrons. The van der Waals surface area contributed by atoms with Crippen LogP contribution in [0.25, 0.3) is 141 Å². The molecular formula is C110H98O10. The third-order valence-electron chi connectivity index (χ3n) is 23.7. The summed E-state index contributed by atoms with van der Waals surface area (Å²) in [6, 6.07) is 97.3. The van der Waals surface area contributed by atoms with Gasteiger partial charge < -0.3 is 37.9 Å². The normalized spacial score (nSPS) is 11.7. The number of rotatable bonds is 35. The lowest BCUT2D eigenvalue weighted by atomic mass is 9.83. The molecule has 10 heteroatoms. The van der Waals surface area contributed by atoms with Gasteiger partial charge in [-0.15, -0.1) is 0 Å². The molecule has 0 amide bonds. The van der Waals surface area contributed by atoms with Gasteiger partial charge in [-0.3, -0.25) is 9.59 Å². The molecule has 18 aromatic carbocycles. The average Bonchev–Trinajstić information content (AvgIpc) is 0.703. The third kappa shape index (κ3) is 15.4. The molecule has 0 heterocycles. The molecule has 598 valence electrons. The maximum Gasteiger partial charge on any atom is 0.311 e. The number of unbranched alkanes of at least 4 members (excludes halogenated alkanes) is 4. The molecular weight excluding hydrogens is 1480 g/mol. The minimum absolute atomic E-state index is 0.0324. The fourth-order valence-corrected chi connectivity index (χ4v) is 17.8. The molecule has 0 aliphatic carbocycles. The maximum absolute atomic E-state index is 16.3. The van der Waals surface area contributed by atoms with Gasteiger partial charge in [0.15, 0.2) is 46.0 Å². The Balaban J connectivity index is 0.898. The standard InChI is InChI=1S/C110H98O10/c1-5-9-63-113-105-91(117-69-71-31-15-13-16-32-71)67-81-35-19-21-43-83(81)99(105)101-87-45-23-25-47-89(87)103(109(107(101)115-65-11-7-3)119-93(111)49-29-37-73-51-53-79-57-55-75-39-27-41-77-59-61-85(73)97(79)95(75)77)104-90-48-26-24-46-88(90)102(100-84-44-22-20-36-82(84)68-92(106(100)114-64-10-6-2)118-70-72-33-17-14-18-34-72)108(116-66-12-8-4)110(104)120-94(112)50-30-38-74-52-54-80-58-56-76-40-28-42-78-60-62-86(74)98(80)96(76)78/h13-28,31-36,39-48,51-62,67-68H,5-12,29-30,37-38,49-50,63-66,69-70H2,1-4H3. The van der Waals surface area contributed by atoms with E-state index in [2.05, 4.69) is 234 Å². The van der Waals surface area contributed by atoms with Crippen LogP contribution in [0.4, 0.5) is 0 Å². The van der Waals surface area contributed by atoms with Crippen molar-refractivity contribution in [2.24, 2.45) is 0 Å². The van der Waals surface area contributed by atoms with E-state index in [1.54, 1.807) is 0 Å². The quantitative estimate of drug-likeness (QED) is 0.0165. The highest BCUT2D eigenvalue weighted by Gasteiger charge is 2.37. The maximum atomic E-state index is 16.3. The van der Waals surface area contributed by atoms with Crippen molar-refractivity contribution in [2.45, 2.75) is 131 Å². The zero-order valence-electron chi connectivity index (χ0n) is 68.8. The fourth-order valence-electron chi connectivity index (χ4n) is 17.8. The Kier molecular flexibility index (Phi) is 23.1. The van der Waals surface area contributed by atoms with Gasteiger partial charge in [0.2, 0.25) is 0 Å². The van der Waals surface area contributed by atoms with Crippen LogP contribution in [0.3, 0.4) is 0 Å². The summed E-state index contributed by atoms with van der Waals surface area (Å²) in [4.78, 5) is 32.7. The first-order valence-electron chi connectivity index (χ1n) is 43.1. The van der Waals surface area contributed by atoms with Gasteiger partial charge in [-0.05, 0) is 193 Å². The van der Waals surface area contributed by atoms with E-state index in [0.29, 0.717) is 130 Å². The molecule has 0 N–H and O–H groups in total. The Morgan fingerprint density at radius 2 is 0.533 bits per heavy atom. The third-order valence-corrected chi connectivity index (χ3v) is 23.7. The number of carbonyl (C=O) groups is 2. The lowest BCUT2D eigenvalue weighted by Gasteiger charge is -2.28. The minimum Gasteiger partial charge on any atom is -0.489 e. The smallest absolute Gasteiger partial charge is 0.311 e. The van der Waals surface area contributed by atoms with Crippen LogP contribution in [0.15, 0.2) is 279 Å². The number of hydrogen-bond acceptors (Lipinski definition) is 10. The molecule has 0 spiro atoms. The summed E-state index contributed by atoms with van der Waals surface area (Å²) in [5.41, 5.74) is 7.94. The van der Waals surface area contributed by atoms with Crippen LogP contribution in [-0.4, -0.2) is 38.4 Å². The second kappa shape index (κ2) is 35.6. The number of aryl methyl sites for hydroxylation is 2. The summed E-state index contributed by atoms with van der Waals surface area (Å²) in [6.45, 7) is 10.4. The molecule has 0 aliphatic rings. The molecule has 120 heavy (non-hydrogen) atoms. The molecule has 0 bridgehead atoms. The average molecular weight is 1580 g/mol.